The Morgan fingerprint density at radius 1 is 1.12 bits per heavy atom. The van der Waals surface area contributed by atoms with Crippen molar-refractivity contribution >= 4 is 0 Å². The van der Waals surface area contributed by atoms with Crippen LogP contribution in [0.25, 0.3) is 0 Å². The Balaban J connectivity index is 2.90. The van der Waals surface area contributed by atoms with E-state index in [9.17, 15) is 0 Å². The average molecular weight is 228 g/mol. The molecule has 0 aromatic rings. The van der Waals surface area contributed by atoms with Crippen LogP contribution in [-0.4, -0.2) is 12.7 Å². The first-order chi connectivity index (χ1) is 8.16. The third-order valence-electron chi connectivity index (χ3n) is 3.20. The van der Waals surface area contributed by atoms with Gasteiger partial charge in [0.15, 0.2) is 5.41 Å². The number of nitrogens with zero attached hydrogens (tertiary/aromatic N) is 4. The summed E-state index contributed by atoms with van der Waals surface area (Å²) in [4.78, 5) is 0. The minimum Gasteiger partial charge on any atom is -0.375 e. The quantitative estimate of drug-likeness (QED) is 0.680. The van der Waals surface area contributed by atoms with Gasteiger partial charge in [0.05, 0.1) is 30.4 Å². The van der Waals surface area contributed by atoms with Gasteiger partial charge < -0.3 is 4.74 Å². The van der Waals surface area contributed by atoms with Crippen molar-refractivity contribution < 1.29 is 4.74 Å². The highest BCUT2D eigenvalue weighted by Crippen LogP contribution is 2.57. The summed E-state index contributed by atoms with van der Waals surface area (Å²) < 4.78 is 5.43. The van der Waals surface area contributed by atoms with Crippen molar-refractivity contribution in [3.8, 4) is 24.3 Å². The molecule has 0 saturated heterocycles. The molecule has 0 aromatic carbocycles. The van der Waals surface area contributed by atoms with Gasteiger partial charge in [0.1, 0.15) is 0 Å². The molecule has 0 aromatic heterocycles. The van der Waals surface area contributed by atoms with Crippen molar-refractivity contribution in [1.29, 1.82) is 21.0 Å². The van der Waals surface area contributed by atoms with Crippen LogP contribution in [-0.2, 0) is 4.74 Å². The molecule has 0 bridgehead atoms. The van der Waals surface area contributed by atoms with Crippen molar-refractivity contribution in [3.63, 3.8) is 0 Å². The Morgan fingerprint density at radius 2 is 1.71 bits per heavy atom. The van der Waals surface area contributed by atoms with Gasteiger partial charge in [-0.3, -0.25) is 0 Å². The van der Waals surface area contributed by atoms with Crippen molar-refractivity contribution in [2.75, 3.05) is 6.61 Å². The summed E-state index contributed by atoms with van der Waals surface area (Å²) in [5.41, 5.74) is -3.20. The van der Waals surface area contributed by atoms with Crippen LogP contribution in [0, 0.1) is 56.2 Å². The molecular formula is C12H12N4O. The summed E-state index contributed by atoms with van der Waals surface area (Å²) in [6.45, 7) is 2.44. The van der Waals surface area contributed by atoms with E-state index in [-0.39, 0.29) is 6.42 Å². The molecule has 5 heteroatoms. The lowest BCUT2D eigenvalue weighted by Gasteiger charge is -2.47. The van der Waals surface area contributed by atoms with E-state index in [0.717, 1.165) is 12.8 Å². The lowest BCUT2D eigenvalue weighted by Crippen LogP contribution is -2.60. The second-order valence-corrected chi connectivity index (χ2v) is 4.08. The molecule has 0 amide bonds. The Labute approximate surface area is 100 Å². The van der Waals surface area contributed by atoms with E-state index >= 15 is 0 Å². The van der Waals surface area contributed by atoms with Gasteiger partial charge >= 0.3 is 0 Å². The molecule has 0 radical (unpaired) electrons. The molecule has 1 unspecified atom stereocenters. The number of hydrogen-bond donors (Lipinski definition) is 0. The van der Waals surface area contributed by atoms with Crippen molar-refractivity contribution in [2.24, 2.45) is 10.8 Å². The second-order valence-electron chi connectivity index (χ2n) is 4.08. The van der Waals surface area contributed by atoms with Crippen LogP contribution in [0.3, 0.4) is 0 Å². The first-order valence-electron chi connectivity index (χ1n) is 5.43. The molecule has 1 rings (SSSR count). The topological polar surface area (TPSA) is 104 Å². The number of unbranched alkanes of at least 4 members (excludes halogenated alkanes) is 1. The normalized spacial score (nSPS) is 23.2. The molecule has 17 heavy (non-hydrogen) atoms. The molecule has 1 aliphatic carbocycles. The minimum absolute atomic E-state index is 0.130. The minimum atomic E-state index is -1.65. The molecule has 0 spiro atoms. The van der Waals surface area contributed by atoms with Gasteiger partial charge in [0.2, 0.25) is 5.41 Å². The van der Waals surface area contributed by atoms with Gasteiger partial charge in [0.25, 0.3) is 0 Å². The van der Waals surface area contributed by atoms with Crippen LogP contribution < -0.4 is 0 Å². The van der Waals surface area contributed by atoms with Crippen molar-refractivity contribution in [3.05, 3.63) is 0 Å². The van der Waals surface area contributed by atoms with Crippen LogP contribution in [0.4, 0.5) is 0 Å². The Morgan fingerprint density at radius 3 is 2.12 bits per heavy atom. The fraction of sp³-hybridized carbons (Fsp3) is 0.667. The first-order valence-corrected chi connectivity index (χ1v) is 5.43. The van der Waals surface area contributed by atoms with E-state index in [0.29, 0.717) is 6.61 Å². The van der Waals surface area contributed by atoms with Gasteiger partial charge in [-0.1, -0.05) is 13.3 Å². The highest BCUT2D eigenvalue weighted by molar-refractivity contribution is 5.43. The number of nitriles is 4. The number of hydrogen-bond acceptors (Lipinski definition) is 5. The van der Waals surface area contributed by atoms with E-state index in [1.165, 1.54) is 0 Å². The van der Waals surface area contributed by atoms with Crippen molar-refractivity contribution in [2.45, 2.75) is 32.3 Å². The lowest BCUT2D eigenvalue weighted by atomic mass is 9.50. The maximum atomic E-state index is 9.11. The summed E-state index contributed by atoms with van der Waals surface area (Å²) in [6.07, 6.45) is 1.27. The Bertz CT molecular complexity index is 429. The van der Waals surface area contributed by atoms with Crippen LogP contribution >= 0.6 is 0 Å². The standard InChI is InChI=1S/C12H12N4O/c1-2-3-4-17-10-5-11(6-13,7-14)12(10,8-15)9-16/h10H,2-5H2,1H3. The fourth-order valence-electron chi connectivity index (χ4n) is 1.94. The molecule has 1 saturated carbocycles. The summed E-state index contributed by atoms with van der Waals surface area (Å²) in [5, 5.41) is 36.2. The molecule has 0 heterocycles. The van der Waals surface area contributed by atoms with Crippen LogP contribution in [0.15, 0.2) is 0 Å². The fourth-order valence-corrected chi connectivity index (χ4v) is 1.94. The maximum absolute atomic E-state index is 9.11. The molecule has 1 fully saturated rings. The van der Waals surface area contributed by atoms with Gasteiger partial charge in [-0.2, -0.15) is 21.0 Å². The molecule has 0 N–H and O–H groups in total. The van der Waals surface area contributed by atoms with Gasteiger partial charge in [0, 0.05) is 13.0 Å². The zero-order valence-electron chi connectivity index (χ0n) is 9.60. The molecular weight excluding hydrogens is 216 g/mol. The van der Waals surface area contributed by atoms with E-state index < -0.39 is 16.9 Å². The second kappa shape index (κ2) is 4.84. The molecule has 1 atom stereocenters. The van der Waals surface area contributed by atoms with E-state index in [1.807, 2.05) is 6.92 Å². The van der Waals surface area contributed by atoms with Gasteiger partial charge in [-0.15, -0.1) is 0 Å². The summed E-state index contributed by atoms with van der Waals surface area (Å²) in [6, 6.07) is 7.19. The SMILES string of the molecule is CCCCOC1CC(C#N)(C#N)C1(C#N)C#N. The predicted octanol–water partition coefficient (Wildman–Crippen LogP) is 1.64. The van der Waals surface area contributed by atoms with Crippen molar-refractivity contribution in [1.82, 2.24) is 0 Å². The molecule has 86 valence electrons. The lowest BCUT2D eigenvalue weighted by molar-refractivity contribution is -0.108. The largest absolute Gasteiger partial charge is 0.375 e. The molecule has 1 aliphatic rings. The first kappa shape index (κ1) is 13.0. The smallest absolute Gasteiger partial charge is 0.201 e. The third-order valence-corrected chi connectivity index (χ3v) is 3.20. The van der Waals surface area contributed by atoms with Crippen LogP contribution in [0.5, 0.6) is 0 Å². The highest BCUT2D eigenvalue weighted by Gasteiger charge is 2.70. The van der Waals surface area contributed by atoms with E-state index in [1.54, 1.807) is 24.3 Å². The van der Waals surface area contributed by atoms with E-state index in [4.69, 9.17) is 25.8 Å². The third kappa shape index (κ3) is 1.62. The highest BCUT2D eigenvalue weighted by atomic mass is 16.5. The molecule has 5 nitrogen and oxygen atoms in total. The summed E-state index contributed by atoms with van der Waals surface area (Å²) in [7, 11) is 0. The number of ether oxygens (including phenoxy) is 1. The van der Waals surface area contributed by atoms with Gasteiger partial charge in [-0.25, -0.2) is 0 Å². The number of rotatable bonds is 4. The molecule has 0 aliphatic heterocycles. The summed E-state index contributed by atoms with van der Waals surface area (Å²) >= 11 is 0. The Kier molecular flexibility index (Phi) is 3.69. The average Bonchev–Trinajstić information content (AvgIpc) is 2.35. The monoisotopic (exact) mass is 228 g/mol. The maximum Gasteiger partial charge on any atom is 0.201 e. The Hall–Kier alpha value is -2.08. The van der Waals surface area contributed by atoms with E-state index in [2.05, 4.69) is 0 Å². The van der Waals surface area contributed by atoms with Crippen LogP contribution in [0.1, 0.15) is 26.2 Å². The zero-order chi connectivity index (χ0) is 12.9. The predicted molar refractivity (Wildman–Crippen MR) is 56.6 cm³/mol. The van der Waals surface area contributed by atoms with Crippen LogP contribution in [0.2, 0.25) is 0 Å². The van der Waals surface area contributed by atoms with Gasteiger partial charge in [-0.05, 0) is 6.42 Å². The zero-order valence-corrected chi connectivity index (χ0v) is 9.60. The summed E-state index contributed by atoms with van der Waals surface area (Å²) in [5.74, 6) is 0.